The van der Waals surface area contributed by atoms with Gasteiger partial charge >= 0.3 is 0 Å². The van der Waals surface area contributed by atoms with E-state index in [2.05, 4.69) is 30.4 Å². The van der Waals surface area contributed by atoms with Crippen LogP contribution in [0.5, 0.6) is 0 Å². The number of pyridine rings is 2. The first-order valence-electron chi connectivity index (χ1n) is 21.0. The van der Waals surface area contributed by atoms with Crippen molar-refractivity contribution < 1.29 is 28.6 Å². The number of hydrogen-bond donors (Lipinski definition) is 4. The zero-order chi connectivity index (χ0) is 42.5. The third-order valence-corrected chi connectivity index (χ3v) is 12.4. The Morgan fingerprint density at radius 1 is 0.717 bits per heavy atom. The van der Waals surface area contributed by atoms with E-state index in [0.29, 0.717) is 61.8 Å². The first-order valence-corrected chi connectivity index (χ1v) is 21.0. The molecule has 0 aromatic carbocycles. The largest absolute Gasteiger partial charge is 0.451 e. The Balaban J connectivity index is 0.000000181. The van der Waals surface area contributed by atoms with E-state index in [1.165, 1.54) is 12.8 Å². The van der Waals surface area contributed by atoms with Crippen molar-refractivity contribution >= 4 is 24.0 Å². The average Bonchev–Trinajstić information content (AvgIpc) is 4.11. The Morgan fingerprint density at radius 2 is 1.13 bits per heavy atom. The molecule has 16 heteroatoms. The van der Waals surface area contributed by atoms with Crippen LogP contribution >= 0.6 is 0 Å². The lowest BCUT2D eigenvalue weighted by Gasteiger charge is -2.30. The normalized spacial score (nSPS) is 25.6. The number of aliphatic hydroxyl groups excluding tert-OH is 2. The summed E-state index contributed by atoms with van der Waals surface area (Å²) in [4.78, 5) is 64.7. The molecule has 0 saturated carbocycles. The smallest absolute Gasteiger partial charge is 0.258 e. The van der Waals surface area contributed by atoms with E-state index in [-0.39, 0.29) is 71.9 Å². The molecular weight excluding hydrogens is 769 g/mol. The maximum absolute atomic E-state index is 13.1. The highest BCUT2D eigenvalue weighted by molar-refractivity contribution is 5.83. The first-order chi connectivity index (χ1) is 29.2. The van der Waals surface area contributed by atoms with Crippen LogP contribution in [0.4, 0.5) is 0 Å². The monoisotopic (exact) mass is 824 g/mol. The van der Waals surface area contributed by atoms with Crippen molar-refractivity contribution in [1.29, 1.82) is 0 Å². The molecule has 8 rings (SSSR count). The Morgan fingerprint density at radius 3 is 1.47 bits per heavy atom. The maximum Gasteiger partial charge on any atom is 0.258 e. The molecule has 0 radical (unpaired) electrons. The number of rotatable bonds is 14. The zero-order valence-corrected chi connectivity index (χ0v) is 34.6. The van der Waals surface area contributed by atoms with Gasteiger partial charge in [0.05, 0.1) is 35.6 Å². The fraction of sp³-hybridized carbons (Fsp3) is 0.500. The Bertz CT molecular complexity index is 2120. The number of oxazole rings is 2. The molecule has 0 spiro atoms. The minimum Gasteiger partial charge on any atom is -0.451 e. The van der Waals surface area contributed by atoms with Gasteiger partial charge < -0.3 is 38.8 Å². The summed E-state index contributed by atoms with van der Waals surface area (Å²) in [7, 11) is 0. The van der Waals surface area contributed by atoms with Crippen LogP contribution in [0.1, 0.15) is 86.5 Å². The molecule has 0 aliphatic carbocycles. The SMILES string of the molecule is C/C=C/c1ccc2n(c1=O)C[C@@H]1[C@@H](CO)[C@H](C(=O)NCCC)N(Cc3cocn3)[C@H]21.C/C=C\c1ccc2n(c1=O)C[C@@H]1[C@@H](CO)[C@H](C(=O)NCCC)N(Cc3cocn3)[C@H]21. The second-order valence-electron chi connectivity index (χ2n) is 15.9. The van der Waals surface area contributed by atoms with E-state index in [1.807, 2.05) is 64.1 Å². The fourth-order valence-corrected chi connectivity index (χ4v) is 9.93. The molecular formula is C44H56N8O8. The Labute approximate surface area is 348 Å². The van der Waals surface area contributed by atoms with Gasteiger partial charge in [0, 0.05) is 98.7 Å². The molecule has 4 aromatic heterocycles. The lowest BCUT2D eigenvalue weighted by Crippen LogP contribution is -2.48. The lowest BCUT2D eigenvalue weighted by atomic mass is 9.88. The molecule has 8 atom stereocenters. The number of carbonyl (C=O) groups is 2. The summed E-state index contributed by atoms with van der Waals surface area (Å²) in [5.74, 6) is -0.798. The van der Waals surface area contributed by atoms with Crippen molar-refractivity contribution in [3.05, 3.63) is 116 Å². The molecule has 8 heterocycles. The van der Waals surface area contributed by atoms with E-state index >= 15 is 0 Å². The van der Waals surface area contributed by atoms with Gasteiger partial charge in [-0.05, 0) is 51.0 Å². The number of aromatic nitrogens is 4. The summed E-state index contributed by atoms with van der Waals surface area (Å²) in [6.45, 7) is 10.5. The van der Waals surface area contributed by atoms with E-state index < -0.39 is 12.1 Å². The Hall–Kier alpha value is -5.42. The van der Waals surface area contributed by atoms with Crippen molar-refractivity contribution in [3.8, 4) is 0 Å². The molecule has 4 aliphatic heterocycles. The van der Waals surface area contributed by atoms with Gasteiger partial charge in [-0.2, -0.15) is 0 Å². The number of hydrogen-bond acceptors (Lipinski definition) is 12. The third-order valence-electron chi connectivity index (χ3n) is 12.4. The number of aliphatic hydroxyl groups is 2. The topological polar surface area (TPSA) is 201 Å². The number of amides is 2. The predicted molar refractivity (Wildman–Crippen MR) is 223 cm³/mol. The van der Waals surface area contributed by atoms with Gasteiger partial charge in [-0.25, -0.2) is 9.97 Å². The van der Waals surface area contributed by atoms with Crippen LogP contribution in [0, 0.1) is 23.7 Å². The molecule has 4 N–H and O–H groups in total. The minimum atomic E-state index is -0.493. The van der Waals surface area contributed by atoms with Crippen molar-refractivity contribution in [2.45, 2.75) is 90.9 Å². The van der Waals surface area contributed by atoms with Crippen molar-refractivity contribution in [3.63, 3.8) is 0 Å². The second-order valence-corrected chi connectivity index (χ2v) is 15.9. The quantitative estimate of drug-likeness (QED) is 0.145. The highest BCUT2D eigenvalue weighted by atomic mass is 16.3. The van der Waals surface area contributed by atoms with Gasteiger partial charge in [-0.15, -0.1) is 0 Å². The number of nitrogens with zero attached hydrogens (tertiary/aromatic N) is 6. The molecule has 4 aliphatic rings. The van der Waals surface area contributed by atoms with Gasteiger partial charge in [-0.1, -0.05) is 38.2 Å². The molecule has 2 saturated heterocycles. The van der Waals surface area contributed by atoms with E-state index in [0.717, 1.165) is 24.2 Å². The second kappa shape index (κ2) is 18.9. The molecule has 2 amide bonds. The maximum atomic E-state index is 13.1. The van der Waals surface area contributed by atoms with Crippen LogP contribution in [0.2, 0.25) is 0 Å². The summed E-state index contributed by atoms with van der Waals surface area (Å²) in [6.07, 6.45) is 14.9. The van der Waals surface area contributed by atoms with E-state index in [1.54, 1.807) is 33.8 Å². The van der Waals surface area contributed by atoms with Gasteiger partial charge in [-0.3, -0.25) is 29.0 Å². The fourth-order valence-electron chi connectivity index (χ4n) is 9.93. The Kier molecular flexibility index (Phi) is 13.4. The van der Waals surface area contributed by atoms with Crippen molar-refractivity contribution in [2.24, 2.45) is 23.7 Å². The van der Waals surface area contributed by atoms with Crippen LogP contribution in [0.15, 0.2) is 80.2 Å². The molecule has 2 fully saturated rings. The van der Waals surface area contributed by atoms with Crippen molar-refractivity contribution in [1.82, 2.24) is 39.5 Å². The summed E-state index contributed by atoms with van der Waals surface area (Å²) < 4.78 is 13.9. The molecule has 16 nitrogen and oxygen atoms in total. The summed E-state index contributed by atoms with van der Waals surface area (Å²) in [5, 5.41) is 26.5. The van der Waals surface area contributed by atoms with E-state index in [4.69, 9.17) is 8.83 Å². The highest BCUT2D eigenvalue weighted by Crippen LogP contribution is 2.51. The summed E-state index contributed by atoms with van der Waals surface area (Å²) in [5.41, 5.74) is 4.40. The zero-order valence-electron chi connectivity index (χ0n) is 34.6. The number of allylic oxidation sites excluding steroid dienone is 2. The van der Waals surface area contributed by atoms with Gasteiger partial charge in [0.2, 0.25) is 11.8 Å². The molecule has 0 bridgehead atoms. The number of carbonyl (C=O) groups excluding carboxylic acids is 2. The highest BCUT2D eigenvalue weighted by Gasteiger charge is 2.57. The molecule has 320 valence electrons. The van der Waals surface area contributed by atoms with Crippen molar-refractivity contribution in [2.75, 3.05) is 26.3 Å². The van der Waals surface area contributed by atoms with Gasteiger partial charge in [0.1, 0.15) is 12.5 Å². The van der Waals surface area contributed by atoms with Crippen LogP contribution in [0.3, 0.4) is 0 Å². The van der Waals surface area contributed by atoms with Crippen LogP contribution in [0.25, 0.3) is 12.2 Å². The number of likely N-dealkylation sites (tertiary alicyclic amines) is 2. The summed E-state index contributed by atoms with van der Waals surface area (Å²) >= 11 is 0. The number of nitrogens with one attached hydrogen (secondary N) is 2. The molecule has 0 unspecified atom stereocenters. The minimum absolute atomic E-state index is 0.0344. The standard InChI is InChI=1S/2C22H28N4O4/c2*1-3-5-14-6-7-18-19-16(10-25(18)22(14)29)17(11-27)20(21(28)23-8-4-2)26(19)9-15-12-30-13-24-15/h2*3,5-7,12-13,16-17,19-20,27H,4,8-11H2,1-2H3,(H,23,28)/b5-3+;5-3-/t2*16-,17-,19+,20-/m11/s1. The molecule has 4 aromatic rings. The van der Waals surface area contributed by atoms with Crippen LogP contribution < -0.4 is 21.8 Å². The van der Waals surface area contributed by atoms with Gasteiger partial charge in [0.25, 0.3) is 11.1 Å². The average molecular weight is 825 g/mol. The van der Waals surface area contributed by atoms with E-state index in [9.17, 15) is 29.4 Å². The van der Waals surface area contributed by atoms with Gasteiger partial charge in [0.15, 0.2) is 12.8 Å². The lowest BCUT2D eigenvalue weighted by molar-refractivity contribution is -0.128. The third kappa shape index (κ3) is 7.96. The summed E-state index contributed by atoms with van der Waals surface area (Å²) in [6, 6.07) is 6.33. The number of fused-ring (bicyclic) bond motifs is 6. The van der Waals surface area contributed by atoms with Crippen LogP contribution in [-0.4, -0.2) is 89.3 Å². The van der Waals surface area contributed by atoms with Crippen LogP contribution in [-0.2, 0) is 35.8 Å². The molecule has 60 heavy (non-hydrogen) atoms. The first kappa shape index (κ1) is 42.7. The predicted octanol–water partition coefficient (Wildman–Crippen LogP) is 3.12.